The van der Waals surface area contributed by atoms with Crippen molar-refractivity contribution >= 4 is 23.3 Å². The molecule has 2 N–H and O–H groups in total. The van der Waals surface area contributed by atoms with E-state index in [1.807, 2.05) is 66.7 Å². The summed E-state index contributed by atoms with van der Waals surface area (Å²) < 4.78 is 11.4. The maximum atomic E-state index is 13.4. The second-order valence-corrected chi connectivity index (χ2v) is 10.4. The Morgan fingerprint density at radius 1 is 0.800 bits per heavy atom. The Labute approximate surface area is 235 Å². The number of benzene rings is 3. The van der Waals surface area contributed by atoms with E-state index in [0.717, 1.165) is 22.4 Å². The molecule has 7 heteroatoms. The molecule has 0 aliphatic heterocycles. The summed E-state index contributed by atoms with van der Waals surface area (Å²) in [6, 6.07) is 24.6. The molecule has 0 fully saturated rings. The standard InChI is InChI=1S/C33H37NO6/c1-22(2)32(38)33(4,29(35)20-30(34)36)23(3)31(37)27-12-10-25(11-13-27)26-14-16-28(17-15-26)40-19-18-39-21-24-8-6-5-7-9-24/h5-17,22-23H,18-21H2,1-4H3,(H2,34,36). The Hall–Kier alpha value is -4.10. The molecule has 0 saturated heterocycles. The van der Waals surface area contributed by atoms with Crippen LogP contribution in [0.15, 0.2) is 78.9 Å². The molecular formula is C33H37NO6. The SMILES string of the molecule is CC(C)C(=O)C(C)(C(=O)CC(N)=O)C(C)C(=O)c1ccc(-c2ccc(OCCOCc3ccccc3)cc2)cc1. The lowest BCUT2D eigenvalue weighted by Gasteiger charge is -2.33. The fraction of sp³-hybridized carbons (Fsp3) is 0.333. The van der Waals surface area contributed by atoms with Gasteiger partial charge in [0, 0.05) is 17.4 Å². The van der Waals surface area contributed by atoms with E-state index in [2.05, 4.69) is 0 Å². The number of ketones is 3. The quantitative estimate of drug-likeness (QED) is 0.155. The Balaban J connectivity index is 1.62. The van der Waals surface area contributed by atoms with Gasteiger partial charge in [-0.2, -0.15) is 0 Å². The normalized spacial score (nSPS) is 13.3. The average Bonchev–Trinajstić information content (AvgIpc) is 2.96. The Morgan fingerprint density at radius 2 is 1.38 bits per heavy atom. The number of amides is 1. The first-order chi connectivity index (χ1) is 19.0. The van der Waals surface area contributed by atoms with E-state index in [0.29, 0.717) is 25.4 Å². The molecule has 0 aliphatic carbocycles. The number of carbonyl (C=O) groups excluding carboxylic acids is 4. The third-order valence-electron chi connectivity index (χ3n) is 7.17. The molecule has 0 aliphatic rings. The third kappa shape index (κ3) is 7.51. The summed E-state index contributed by atoms with van der Waals surface area (Å²) >= 11 is 0. The molecule has 40 heavy (non-hydrogen) atoms. The van der Waals surface area contributed by atoms with Crippen LogP contribution in [-0.2, 0) is 25.7 Å². The van der Waals surface area contributed by atoms with Crippen LogP contribution in [0.5, 0.6) is 5.75 Å². The molecule has 0 radical (unpaired) electrons. The van der Waals surface area contributed by atoms with Gasteiger partial charge >= 0.3 is 0 Å². The number of hydrogen-bond acceptors (Lipinski definition) is 6. The summed E-state index contributed by atoms with van der Waals surface area (Å²) in [5.41, 5.74) is 6.90. The first-order valence-corrected chi connectivity index (χ1v) is 13.4. The number of ether oxygens (including phenoxy) is 2. The second kappa shape index (κ2) is 13.8. The van der Waals surface area contributed by atoms with Crippen LogP contribution in [-0.4, -0.2) is 36.5 Å². The summed E-state index contributed by atoms with van der Waals surface area (Å²) in [4.78, 5) is 50.8. The molecule has 1 amide bonds. The van der Waals surface area contributed by atoms with E-state index in [1.165, 1.54) is 6.92 Å². The topological polar surface area (TPSA) is 113 Å². The lowest BCUT2D eigenvalue weighted by molar-refractivity contribution is -0.145. The van der Waals surface area contributed by atoms with Crippen LogP contribution in [0.2, 0.25) is 0 Å². The summed E-state index contributed by atoms with van der Waals surface area (Å²) in [7, 11) is 0. The molecule has 3 aromatic carbocycles. The minimum atomic E-state index is -1.65. The van der Waals surface area contributed by atoms with Gasteiger partial charge in [-0.15, -0.1) is 0 Å². The third-order valence-corrected chi connectivity index (χ3v) is 7.17. The molecule has 7 nitrogen and oxygen atoms in total. The van der Waals surface area contributed by atoms with Gasteiger partial charge in [-0.25, -0.2) is 0 Å². The molecule has 0 saturated carbocycles. The minimum absolute atomic E-state index is 0.348. The van der Waals surface area contributed by atoms with Crippen molar-refractivity contribution in [2.45, 2.75) is 40.7 Å². The van der Waals surface area contributed by atoms with E-state index < -0.39 is 35.4 Å². The van der Waals surface area contributed by atoms with Gasteiger partial charge in [-0.05, 0) is 35.7 Å². The molecule has 0 aromatic heterocycles. The predicted molar refractivity (Wildman–Crippen MR) is 154 cm³/mol. The van der Waals surface area contributed by atoms with Crippen molar-refractivity contribution in [2.24, 2.45) is 23.0 Å². The predicted octanol–water partition coefficient (Wildman–Crippen LogP) is 5.44. The van der Waals surface area contributed by atoms with Crippen LogP contribution in [0.3, 0.4) is 0 Å². The fourth-order valence-electron chi connectivity index (χ4n) is 4.60. The van der Waals surface area contributed by atoms with E-state index in [4.69, 9.17) is 15.2 Å². The van der Waals surface area contributed by atoms with Crippen molar-refractivity contribution in [3.8, 4) is 16.9 Å². The van der Waals surface area contributed by atoms with Crippen LogP contribution in [0.1, 0.15) is 50.0 Å². The largest absolute Gasteiger partial charge is 0.491 e. The zero-order valence-electron chi connectivity index (χ0n) is 23.5. The van der Waals surface area contributed by atoms with Crippen molar-refractivity contribution in [1.82, 2.24) is 0 Å². The van der Waals surface area contributed by atoms with Crippen LogP contribution in [0.4, 0.5) is 0 Å². The lowest BCUT2D eigenvalue weighted by Crippen LogP contribution is -2.48. The molecule has 0 spiro atoms. The number of rotatable bonds is 15. The smallest absolute Gasteiger partial charge is 0.224 e. The molecule has 2 unspecified atom stereocenters. The van der Waals surface area contributed by atoms with Crippen molar-refractivity contribution in [3.05, 3.63) is 90.0 Å². The fourth-order valence-corrected chi connectivity index (χ4v) is 4.60. The Kier molecular flexibility index (Phi) is 10.5. The van der Waals surface area contributed by atoms with E-state index >= 15 is 0 Å². The number of hydrogen-bond donors (Lipinski definition) is 1. The monoisotopic (exact) mass is 543 g/mol. The highest BCUT2D eigenvalue weighted by Gasteiger charge is 2.49. The Morgan fingerprint density at radius 3 is 1.93 bits per heavy atom. The van der Waals surface area contributed by atoms with Crippen LogP contribution < -0.4 is 10.5 Å². The van der Waals surface area contributed by atoms with Crippen LogP contribution >= 0.6 is 0 Å². The number of Topliss-reactive ketones (excluding diaryl/α,β-unsaturated/α-hetero) is 3. The summed E-state index contributed by atoms with van der Waals surface area (Å²) in [6.07, 6.45) is -0.591. The van der Waals surface area contributed by atoms with Crippen molar-refractivity contribution in [1.29, 1.82) is 0 Å². The van der Waals surface area contributed by atoms with Gasteiger partial charge < -0.3 is 15.2 Å². The number of carbonyl (C=O) groups is 4. The average molecular weight is 544 g/mol. The molecule has 210 valence electrons. The first-order valence-electron chi connectivity index (χ1n) is 13.4. The van der Waals surface area contributed by atoms with Crippen molar-refractivity contribution in [3.63, 3.8) is 0 Å². The van der Waals surface area contributed by atoms with Crippen molar-refractivity contribution in [2.75, 3.05) is 13.2 Å². The van der Waals surface area contributed by atoms with E-state index in [-0.39, 0.29) is 11.6 Å². The molecule has 3 rings (SSSR count). The maximum Gasteiger partial charge on any atom is 0.224 e. The first kappa shape index (κ1) is 30.4. The van der Waals surface area contributed by atoms with Gasteiger partial charge in [0.15, 0.2) is 11.6 Å². The second-order valence-electron chi connectivity index (χ2n) is 10.4. The van der Waals surface area contributed by atoms with Gasteiger partial charge in [0.1, 0.15) is 18.1 Å². The summed E-state index contributed by atoms with van der Waals surface area (Å²) in [5.74, 6) is -2.94. The van der Waals surface area contributed by atoms with Gasteiger partial charge in [0.25, 0.3) is 0 Å². The van der Waals surface area contributed by atoms with E-state index in [1.54, 1.807) is 32.9 Å². The lowest BCUT2D eigenvalue weighted by atomic mass is 9.65. The number of primary amides is 1. The highest BCUT2D eigenvalue weighted by atomic mass is 16.5. The zero-order valence-corrected chi connectivity index (χ0v) is 23.5. The van der Waals surface area contributed by atoms with Gasteiger partial charge in [-0.3, -0.25) is 19.2 Å². The maximum absolute atomic E-state index is 13.4. The highest BCUT2D eigenvalue weighted by Crippen LogP contribution is 2.36. The highest BCUT2D eigenvalue weighted by molar-refractivity contribution is 6.16. The minimum Gasteiger partial charge on any atom is -0.491 e. The van der Waals surface area contributed by atoms with E-state index in [9.17, 15) is 19.2 Å². The molecule has 3 aromatic rings. The molecule has 2 atom stereocenters. The van der Waals surface area contributed by atoms with Gasteiger partial charge in [0.2, 0.25) is 5.91 Å². The van der Waals surface area contributed by atoms with Gasteiger partial charge in [-0.1, -0.05) is 87.5 Å². The van der Waals surface area contributed by atoms with Crippen LogP contribution in [0.25, 0.3) is 11.1 Å². The molecule has 0 bridgehead atoms. The van der Waals surface area contributed by atoms with Gasteiger partial charge in [0.05, 0.1) is 25.0 Å². The number of nitrogens with two attached hydrogens (primary N) is 1. The molecular weight excluding hydrogens is 506 g/mol. The van der Waals surface area contributed by atoms with Crippen LogP contribution in [0, 0.1) is 17.3 Å². The zero-order chi connectivity index (χ0) is 29.3. The summed E-state index contributed by atoms with van der Waals surface area (Å²) in [6.45, 7) is 7.77. The molecule has 0 heterocycles. The Bertz CT molecular complexity index is 1320. The van der Waals surface area contributed by atoms with Crippen molar-refractivity contribution < 1.29 is 28.7 Å². The summed E-state index contributed by atoms with van der Waals surface area (Å²) in [5, 5.41) is 0.